The number of piperazine rings is 1. The van der Waals surface area contributed by atoms with Crippen molar-refractivity contribution in [2.24, 2.45) is 0 Å². The lowest BCUT2D eigenvalue weighted by Gasteiger charge is -2.37. The fourth-order valence-electron chi connectivity index (χ4n) is 3.67. The molecule has 2 heterocycles. The summed E-state index contributed by atoms with van der Waals surface area (Å²) in [4.78, 5) is 13.9. The van der Waals surface area contributed by atoms with Crippen molar-refractivity contribution in [3.05, 3.63) is 65.9 Å². The van der Waals surface area contributed by atoms with Gasteiger partial charge in [-0.2, -0.15) is 4.98 Å². The van der Waals surface area contributed by atoms with Crippen molar-refractivity contribution >= 4 is 23.1 Å². The molecule has 0 bridgehead atoms. The van der Waals surface area contributed by atoms with E-state index in [1.165, 1.54) is 16.8 Å². The lowest BCUT2D eigenvalue weighted by atomic mass is 10.1. The van der Waals surface area contributed by atoms with E-state index in [0.29, 0.717) is 5.95 Å². The molecule has 0 saturated carbocycles. The van der Waals surface area contributed by atoms with E-state index >= 15 is 0 Å². The van der Waals surface area contributed by atoms with Crippen LogP contribution in [0.1, 0.15) is 11.1 Å². The Bertz CT molecular complexity index is 983. The smallest absolute Gasteiger partial charge is 0.229 e. The van der Waals surface area contributed by atoms with E-state index in [1.54, 1.807) is 7.11 Å². The summed E-state index contributed by atoms with van der Waals surface area (Å²) in [5.41, 5.74) is 4.95. The normalized spacial score (nSPS) is 14.0. The quantitative estimate of drug-likeness (QED) is 0.707. The van der Waals surface area contributed by atoms with Gasteiger partial charge in [0.05, 0.1) is 7.11 Å². The zero-order chi connectivity index (χ0) is 20.2. The number of hydrogen-bond donors (Lipinski definition) is 1. The van der Waals surface area contributed by atoms with Gasteiger partial charge in [-0.15, -0.1) is 0 Å². The summed E-state index contributed by atoms with van der Waals surface area (Å²) < 4.78 is 5.28. The zero-order valence-corrected chi connectivity index (χ0v) is 17.2. The third kappa shape index (κ3) is 4.26. The minimum atomic E-state index is 0.590. The van der Waals surface area contributed by atoms with Gasteiger partial charge in [-0.3, -0.25) is 0 Å². The van der Waals surface area contributed by atoms with Crippen LogP contribution in [-0.4, -0.2) is 43.3 Å². The number of methoxy groups -OCH3 is 1. The Morgan fingerprint density at radius 3 is 2.48 bits per heavy atom. The molecule has 6 nitrogen and oxygen atoms in total. The van der Waals surface area contributed by atoms with Gasteiger partial charge < -0.3 is 19.9 Å². The molecule has 3 aromatic rings. The van der Waals surface area contributed by atoms with Crippen LogP contribution in [0.5, 0.6) is 5.75 Å². The third-order valence-corrected chi connectivity index (χ3v) is 5.49. The Kier molecular flexibility index (Phi) is 5.51. The van der Waals surface area contributed by atoms with E-state index in [2.05, 4.69) is 52.1 Å². The number of nitrogens with zero attached hydrogens (tertiary/aromatic N) is 4. The maximum atomic E-state index is 5.28. The second-order valence-corrected chi connectivity index (χ2v) is 7.29. The highest BCUT2D eigenvalue weighted by Gasteiger charge is 2.20. The molecular formula is C23H27N5O. The SMILES string of the molecule is COc1cccc(Nc2nccc(N3CCN(c4cccc(C)c4C)CC3)n2)c1. The van der Waals surface area contributed by atoms with Gasteiger partial charge in [0.2, 0.25) is 5.95 Å². The predicted molar refractivity (Wildman–Crippen MR) is 119 cm³/mol. The molecule has 1 aliphatic rings. The number of benzene rings is 2. The monoisotopic (exact) mass is 389 g/mol. The molecule has 29 heavy (non-hydrogen) atoms. The standard InChI is InChI=1S/C23H27N5O/c1-17-6-4-9-21(18(17)2)27-12-14-28(15-13-27)22-10-11-24-23(26-22)25-19-7-5-8-20(16-19)29-3/h4-11,16H,12-15H2,1-3H3,(H,24,25,26). The number of anilines is 4. The predicted octanol–water partition coefficient (Wildman–Crippen LogP) is 4.17. The van der Waals surface area contributed by atoms with Crippen LogP contribution in [0.15, 0.2) is 54.7 Å². The van der Waals surface area contributed by atoms with Crippen LogP contribution >= 0.6 is 0 Å². The number of aromatic nitrogens is 2. The van der Waals surface area contributed by atoms with Crippen LogP contribution in [0.3, 0.4) is 0 Å². The van der Waals surface area contributed by atoms with Gasteiger partial charge in [-0.25, -0.2) is 4.98 Å². The van der Waals surface area contributed by atoms with E-state index in [-0.39, 0.29) is 0 Å². The first-order chi connectivity index (χ1) is 14.1. The molecule has 1 aliphatic heterocycles. The summed E-state index contributed by atoms with van der Waals surface area (Å²) in [5.74, 6) is 2.34. The second kappa shape index (κ2) is 8.39. The van der Waals surface area contributed by atoms with Crippen molar-refractivity contribution in [1.29, 1.82) is 0 Å². The Morgan fingerprint density at radius 2 is 1.69 bits per heavy atom. The fraction of sp³-hybridized carbons (Fsp3) is 0.304. The van der Waals surface area contributed by atoms with E-state index in [0.717, 1.165) is 43.4 Å². The number of hydrogen-bond acceptors (Lipinski definition) is 6. The summed E-state index contributed by atoms with van der Waals surface area (Å²) >= 11 is 0. The largest absolute Gasteiger partial charge is 0.497 e. The number of nitrogens with one attached hydrogen (secondary N) is 1. The van der Waals surface area contributed by atoms with E-state index in [9.17, 15) is 0 Å². The summed E-state index contributed by atoms with van der Waals surface area (Å²) in [5, 5.41) is 3.27. The van der Waals surface area contributed by atoms with Crippen molar-refractivity contribution in [3.8, 4) is 5.75 Å². The van der Waals surface area contributed by atoms with Crippen molar-refractivity contribution in [3.63, 3.8) is 0 Å². The van der Waals surface area contributed by atoms with Gasteiger partial charge in [0.1, 0.15) is 11.6 Å². The second-order valence-electron chi connectivity index (χ2n) is 7.29. The number of ether oxygens (including phenoxy) is 1. The lowest BCUT2D eigenvalue weighted by molar-refractivity contribution is 0.415. The highest BCUT2D eigenvalue weighted by Crippen LogP contribution is 2.25. The van der Waals surface area contributed by atoms with Crippen LogP contribution in [-0.2, 0) is 0 Å². The molecule has 1 fully saturated rings. The number of aryl methyl sites for hydroxylation is 1. The lowest BCUT2D eigenvalue weighted by Crippen LogP contribution is -2.47. The summed E-state index contributed by atoms with van der Waals surface area (Å²) in [6.45, 7) is 8.21. The van der Waals surface area contributed by atoms with Crippen molar-refractivity contribution < 1.29 is 4.74 Å². The van der Waals surface area contributed by atoms with Gasteiger partial charge >= 0.3 is 0 Å². The highest BCUT2D eigenvalue weighted by atomic mass is 16.5. The molecule has 0 atom stereocenters. The zero-order valence-electron chi connectivity index (χ0n) is 17.2. The van der Waals surface area contributed by atoms with Gasteiger partial charge in [0.15, 0.2) is 0 Å². The van der Waals surface area contributed by atoms with Crippen molar-refractivity contribution in [1.82, 2.24) is 9.97 Å². The highest BCUT2D eigenvalue weighted by molar-refractivity contribution is 5.59. The Hall–Kier alpha value is -3.28. The Balaban J connectivity index is 1.43. The van der Waals surface area contributed by atoms with E-state index in [1.807, 2.05) is 36.5 Å². The molecule has 0 unspecified atom stereocenters. The van der Waals surface area contributed by atoms with Gasteiger partial charge in [0, 0.05) is 49.8 Å². The molecule has 0 radical (unpaired) electrons. The molecule has 1 N–H and O–H groups in total. The van der Waals surface area contributed by atoms with Crippen LogP contribution in [0, 0.1) is 13.8 Å². The molecule has 1 saturated heterocycles. The molecule has 1 aromatic heterocycles. The summed E-state index contributed by atoms with van der Waals surface area (Å²) in [6.07, 6.45) is 1.81. The minimum absolute atomic E-state index is 0.590. The average molecular weight is 390 g/mol. The van der Waals surface area contributed by atoms with Crippen LogP contribution in [0.2, 0.25) is 0 Å². The first-order valence-corrected chi connectivity index (χ1v) is 9.94. The van der Waals surface area contributed by atoms with Gasteiger partial charge in [0.25, 0.3) is 0 Å². The molecule has 0 spiro atoms. The first kappa shape index (κ1) is 19.1. The van der Waals surface area contributed by atoms with E-state index < -0.39 is 0 Å². The molecule has 150 valence electrons. The van der Waals surface area contributed by atoms with Gasteiger partial charge in [-0.1, -0.05) is 18.2 Å². The Labute approximate surface area is 172 Å². The molecule has 2 aromatic carbocycles. The topological polar surface area (TPSA) is 53.5 Å². The van der Waals surface area contributed by atoms with E-state index in [4.69, 9.17) is 9.72 Å². The van der Waals surface area contributed by atoms with Crippen molar-refractivity contribution in [2.75, 3.05) is 48.4 Å². The van der Waals surface area contributed by atoms with Crippen LogP contribution in [0.25, 0.3) is 0 Å². The maximum Gasteiger partial charge on any atom is 0.229 e. The molecule has 0 amide bonds. The maximum absolute atomic E-state index is 5.28. The van der Waals surface area contributed by atoms with Gasteiger partial charge in [-0.05, 0) is 49.2 Å². The summed E-state index contributed by atoms with van der Waals surface area (Å²) in [6, 6.07) is 16.3. The van der Waals surface area contributed by atoms with Crippen LogP contribution in [0.4, 0.5) is 23.1 Å². The Morgan fingerprint density at radius 1 is 0.931 bits per heavy atom. The minimum Gasteiger partial charge on any atom is -0.497 e. The molecule has 4 rings (SSSR count). The fourth-order valence-corrected chi connectivity index (χ4v) is 3.67. The first-order valence-electron chi connectivity index (χ1n) is 9.94. The summed E-state index contributed by atoms with van der Waals surface area (Å²) in [7, 11) is 1.66. The molecular weight excluding hydrogens is 362 g/mol. The number of rotatable bonds is 5. The third-order valence-electron chi connectivity index (χ3n) is 5.49. The average Bonchev–Trinajstić information content (AvgIpc) is 2.76. The van der Waals surface area contributed by atoms with Crippen molar-refractivity contribution in [2.45, 2.75) is 13.8 Å². The molecule has 0 aliphatic carbocycles. The molecule has 6 heteroatoms. The van der Waals surface area contributed by atoms with Crippen LogP contribution < -0.4 is 19.9 Å².